The molecule has 0 fully saturated rings. The Labute approximate surface area is 203 Å². The Kier molecular flexibility index (Phi) is 6.13. The van der Waals surface area contributed by atoms with Crippen LogP contribution in [0.3, 0.4) is 0 Å². The fourth-order valence-corrected chi connectivity index (χ4v) is 4.78. The van der Waals surface area contributed by atoms with E-state index < -0.39 is 0 Å². The molecule has 2 aromatic heterocycles. The summed E-state index contributed by atoms with van der Waals surface area (Å²) < 4.78 is 23.4. The van der Waals surface area contributed by atoms with Gasteiger partial charge in [0.2, 0.25) is 0 Å². The van der Waals surface area contributed by atoms with E-state index in [2.05, 4.69) is 4.98 Å². The lowest BCUT2D eigenvalue weighted by Gasteiger charge is -2.24. The van der Waals surface area contributed by atoms with Crippen LogP contribution in [0.5, 0.6) is 17.2 Å². The number of Topliss-reactive ketones (excluding diaryl/α,β-unsaturated/α-hetero) is 1. The Morgan fingerprint density at radius 3 is 2.40 bits per heavy atom. The standard InChI is InChI=1S/C27H27N3O5/c1-32-15-21-26(16-5-8-19(33-2)9-6-16)27-28-14-20-22(30(27)29-21)11-18(12-23(20)31)17-7-10-24(34-3)25(13-17)35-4/h5-10,13-14,18H,11-12,15H2,1-4H3/t18-/m0/s1. The highest BCUT2D eigenvalue weighted by Crippen LogP contribution is 2.38. The minimum atomic E-state index is -0.0140. The highest BCUT2D eigenvalue weighted by Gasteiger charge is 2.31. The minimum absolute atomic E-state index is 0.0140. The number of hydrogen-bond acceptors (Lipinski definition) is 7. The van der Waals surface area contributed by atoms with Crippen LogP contribution in [-0.4, -0.2) is 48.8 Å². The summed E-state index contributed by atoms with van der Waals surface area (Å²) in [6, 6.07) is 13.6. The zero-order valence-corrected chi connectivity index (χ0v) is 20.2. The molecule has 8 heteroatoms. The van der Waals surface area contributed by atoms with Crippen LogP contribution in [0.15, 0.2) is 48.7 Å². The van der Waals surface area contributed by atoms with Crippen molar-refractivity contribution in [3.63, 3.8) is 0 Å². The summed E-state index contributed by atoms with van der Waals surface area (Å²) in [7, 11) is 6.50. The normalized spacial score (nSPS) is 15.2. The van der Waals surface area contributed by atoms with Crippen LogP contribution < -0.4 is 14.2 Å². The van der Waals surface area contributed by atoms with Crippen LogP contribution in [0.4, 0.5) is 0 Å². The quantitative estimate of drug-likeness (QED) is 0.391. The molecule has 1 aliphatic carbocycles. The van der Waals surface area contributed by atoms with Gasteiger partial charge in [-0.15, -0.1) is 0 Å². The number of hydrogen-bond donors (Lipinski definition) is 0. The topological polar surface area (TPSA) is 84.2 Å². The molecule has 0 N–H and O–H groups in total. The molecule has 2 heterocycles. The molecule has 0 spiro atoms. The highest BCUT2D eigenvalue weighted by atomic mass is 16.5. The van der Waals surface area contributed by atoms with Crippen molar-refractivity contribution in [2.75, 3.05) is 28.4 Å². The molecule has 4 aromatic rings. The largest absolute Gasteiger partial charge is 0.497 e. The smallest absolute Gasteiger partial charge is 0.166 e. The van der Waals surface area contributed by atoms with Gasteiger partial charge < -0.3 is 18.9 Å². The molecule has 0 aliphatic heterocycles. The molecule has 0 unspecified atom stereocenters. The number of carbonyl (C=O) groups excluding carboxylic acids is 1. The van der Waals surface area contributed by atoms with Gasteiger partial charge in [-0.25, -0.2) is 9.50 Å². The molecule has 0 bridgehead atoms. The van der Waals surface area contributed by atoms with Gasteiger partial charge in [0.05, 0.1) is 50.5 Å². The van der Waals surface area contributed by atoms with Gasteiger partial charge in [0.1, 0.15) is 5.75 Å². The Hall–Kier alpha value is -3.91. The maximum absolute atomic E-state index is 13.2. The van der Waals surface area contributed by atoms with E-state index >= 15 is 0 Å². The average Bonchev–Trinajstić information content (AvgIpc) is 3.27. The molecule has 0 amide bonds. The second-order valence-electron chi connectivity index (χ2n) is 8.48. The zero-order valence-electron chi connectivity index (χ0n) is 20.2. The number of ether oxygens (including phenoxy) is 4. The van der Waals surface area contributed by atoms with E-state index in [-0.39, 0.29) is 11.7 Å². The third-order valence-electron chi connectivity index (χ3n) is 6.53. The zero-order chi connectivity index (χ0) is 24.5. The van der Waals surface area contributed by atoms with E-state index in [1.807, 2.05) is 47.0 Å². The fraction of sp³-hybridized carbons (Fsp3) is 0.296. The average molecular weight is 474 g/mol. The van der Waals surface area contributed by atoms with Crippen molar-refractivity contribution in [2.45, 2.75) is 25.4 Å². The van der Waals surface area contributed by atoms with Gasteiger partial charge in [-0.3, -0.25) is 4.79 Å². The molecule has 180 valence electrons. The molecular formula is C27H27N3O5. The fourth-order valence-electron chi connectivity index (χ4n) is 4.78. The Morgan fingerprint density at radius 1 is 0.943 bits per heavy atom. The van der Waals surface area contributed by atoms with Crippen LogP contribution in [0, 0.1) is 0 Å². The van der Waals surface area contributed by atoms with Gasteiger partial charge in [0.25, 0.3) is 0 Å². The maximum atomic E-state index is 13.2. The number of aromatic nitrogens is 3. The monoisotopic (exact) mass is 473 g/mol. The third-order valence-corrected chi connectivity index (χ3v) is 6.53. The molecule has 0 saturated heterocycles. The lowest BCUT2D eigenvalue weighted by molar-refractivity contribution is 0.0962. The summed E-state index contributed by atoms with van der Waals surface area (Å²) in [6.45, 7) is 0.326. The van der Waals surface area contributed by atoms with Gasteiger partial charge in [-0.05, 0) is 47.7 Å². The first kappa shape index (κ1) is 22.9. The molecular weight excluding hydrogens is 446 g/mol. The molecule has 1 aliphatic rings. The first-order chi connectivity index (χ1) is 17.1. The van der Waals surface area contributed by atoms with E-state index in [0.717, 1.165) is 33.8 Å². The number of ketones is 1. The summed E-state index contributed by atoms with van der Waals surface area (Å²) in [4.78, 5) is 17.8. The molecule has 8 nitrogen and oxygen atoms in total. The summed E-state index contributed by atoms with van der Waals surface area (Å²) in [5.74, 6) is 2.11. The SMILES string of the molecule is COCc1nn2c3c(cnc2c1-c1ccc(OC)cc1)C(=O)C[C@@H](c1ccc(OC)c(OC)c1)C3. The van der Waals surface area contributed by atoms with Crippen LogP contribution in [0.1, 0.15) is 39.6 Å². The van der Waals surface area contributed by atoms with Gasteiger partial charge >= 0.3 is 0 Å². The van der Waals surface area contributed by atoms with E-state index in [1.54, 1.807) is 34.6 Å². The Bertz CT molecular complexity index is 1390. The van der Waals surface area contributed by atoms with Crippen molar-refractivity contribution in [1.29, 1.82) is 0 Å². The number of rotatable bonds is 7. The predicted molar refractivity (Wildman–Crippen MR) is 131 cm³/mol. The maximum Gasteiger partial charge on any atom is 0.166 e. The van der Waals surface area contributed by atoms with Crippen LogP contribution in [0.25, 0.3) is 16.8 Å². The number of methoxy groups -OCH3 is 4. The first-order valence-electron chi connectivity index (χ1n) is 11.4. The van der Waals surface area contributed by atoms with Crippen molar-refractivity contribution in [3.8, 4) is 28.4 Å². The summed E-state index contributed by atoms with van der Waals surface area (Å²) in [6.07, 6.45) is 2.72. The minimum Gasteiger partial charge on any atom is -0.497 e. The van der Waals surface area contributed by atoms with Gasteiger partial charge in [0.15, 0.2) is 22.9 Å². The van der Waals surface area contributed by atoms with Crippen molar-refractivity contribution in [1.82, 2.24) is 14.6 Å². The van der Waals surface area contributed by atoms with Crippen LogP contribution in [0.2, 0.25) is 0 Å². The van der Waals surface area contributed by atoms with Crippen molar-refractivity contribution < 1.29 is 23.7 Å². The van der Waals surface area contributed by atoms with Crippen molar-refractivity contribution in [2.24, 2.45) is 0 Å². The van der Waals surface area contributed by atoms with Gasteiger partial charge in [-0.1, -0.05) is 18.2 Å². The lowest BCUT2D eigenvalue weighted by atomic mass is 9.82. The summed E-state index contributed by atoms with van der Waals surface area (Å²) in [5, 5.41) is 4.86. The number of fused-ring (bicyclic) bond motifs is 3. The van der Waals surface area contributed by atoms with Crippen molar-refractivity contribution in [3.05, 3.63) is 71.2 Å². The second-order valence-corrected chi connectivity index (χ2v) is 8.48. The molecule has 0 saturated carbocycles. The van der Waals surface area contributed by atoms with Gasteiger partial charge in [-0.2, -0.15) is 5.10 Å². The van der Waals surface area contributed by atoms with E-state index in [9.17, 15) is 4.79 Å². The highest BCUT2D eigenvalue weighted by molar-refractivity contribution is 5.99. The summed E-state index contributed by atoms with van der Waals surface area (Å²) in [5.41, 5.74) is 5.79. The Morgan fingerprint density at radius 2 is 1.71 bits per heavy atom. The molecule has 35 heavy (non-hydrogen) atoms. The van der Waals surface area contributed by atoms with Crippen LogP contribution >= 0.6 is 0 Å². The lowest BCUT2D eigenvalue weighted by Crippen LogP contribution is -2.22. The molecule has 0 radical (unpaired) electrons. The van der Waals surface area contributed by atoms with Crippen LogP contribution in [-0.2, 0) is 17.8 Å². The van der Waals surface area contributed by atoms with E-state index in [0.29, 0.717) is 42.2 Å². The molecule has 5 rings (SSSR count). The summed E-state index contributed by atoms with van der Waals surface area (Å²) >= 11 is 0. The van der Waals surface area contributed by atoms with E-state index in [1.165, 1.54) is 0 Å². The molecule has 1 atom stereocenters. The van der Waals surface area contributed by atoms with E-state index in [4.69, 9.17) is 24.0 Å². The Balaban J connectivity index is 1.62. The predicted octanol–water partition coefficient (Wildman–Crippen LogP) is 4.48. The number of benzene rings is 2. The number of nitrogens with zero attached hydrogens (tertiary/aromatic N) is 3. The van der Waals surface area contributed by atoms with Gasteiger partial charge in [0, 0.05) is 19.7 Å². The second kappa shape index (κ2) is 9.38. The first-order valence-corrected chi connectivity index (χ1v) is 11.4. The van der Waals surface area contributed by atoms with Crippen molar-refractivity contribution >= 4 is 11.4 Å². The molecule has 2 aromatic carbocycles. The number of carbonyl (C=O) groups is 1. The third kappa shape index (κ3) is 4.00.